The van der Waals surface area contributed by atoms with Gasteiger partial charge in [-0.1, -0.05) is 19.4 Å². The maximum atomic E-state index is 11.4. The van der Waals surface area contributed by atoms with Gasteiger partial charge in [-0.15, -0.1) is 0 Å². The molecule has 0 spiro atoms. The molecule has 70 valence electrons. The molecule has 0 saturated carbocycles. The second-order valence-corrected chi connectivity index (χ2v) is 4.35. The Morgan fingerprint density at radius 3 is 2.08 bits per heavy atom. The fourth-order valence-electron chi connectivity index (χ4n) is 1.72. The van der Waals surface area contributed by atoms with Crippen molar-refractivity contribution >= 4 is 16.7 Å². The zero-order valence-corrected chi connectivity index (χ0v) is 7.82. The molecule has 2 heteroatoms. The molecule has 0 atom stereocenters. The number of allylic oxidation sites excluding steroid dienone is 2. The highest BCUT2D eigenvalue weighted by Crippen LogP contribution is 2.36. The Bertz CT molecular complexity index is 226. The van der Waals surface area contributed by atoms with Crippen molar-refractivity contribution in [3.05, 3.63) is 11.1 Å². The van der Waals surface area contributed by atoms with E-state index in [0.29, 0.717) is 5.78 Å². The normalized spacial score (nSPS) is 22.2. The molecule has 0 fully saturated rings. The lowest BCUT2D eigenvalue weighted by atomic mass is 9.74. The van der Waals surface area contributed by atoms with Gasteiger partial charge >= 0.3 is 0 Å². The maximum Gasteiger partial charge on any atom is 0.159 e. The van der Waals surface area contributed by atoms with Gasteiger partial charge in [-0.25, -0.2) is 0 Å². The molecule has 0 radical (unpaired) electrons. The zero-order chi connectivity index (χ0) is 8.65. The van der Waals surface area contributed by atoms with E-state index in [2.05, 4.69) is 20.8 Å². The van der Waals surface area contributed by atoms with Crippen LogP contribution in [0.15, 0.2) is 11.1 Å². The first kappa shape index (κ1) is 11.6. The third-order valence-corrected chi connectivity index (χ3v) is 2.44. The Morgan fingerprint density at radius 1 is 1.17 bits per heavy atom. The van der Waals surface area contributed by atoms with Gasteiger partial charge in [0.1, 0.15) is 0 Å². The quantitative estimate of drug-likeness (QED) is 0.518. The smallest absolute Gasteiger partial charge is 0.159 e. The predicted octanol–water partition coefficient (Wildman–Crippen LogP) is 1.26. The summed E-state index contributed by atoms with van der Waals surface area (Å²) >= 11 is 0. The van der Waals surface area contributed by atoms with Gasteiger partial charge in [0, 0.05) is 6.42 Å². The van der Waals surface area contributed by atoms with Crippen LogP contribution in [0, 0.1) is 5.41 Å². The summed E-state index contributed by atoms with van der Waals surface area (Å²) in [6.45, 7) is 8.31. The Kier molecular flexibility index (Phi) is 3.45. The molecule has 0 aromatic rings. The molecule has 0 aromatic carbocycles. The summed E-state index contributed by atoms with van der Waals surface area (Å²) in [4.78, 5) is 11.4. The predicted molar refractivity (Wildman–Crippen MR) is 57.7 cm³/mol. The van der Waals surface area contributed by atoms with Gasteiger partial charge in [-0.3, -0.25) is 4.79 Å². The van der Waals surface area contributed by atoms with E-state index in [0.717, 1.165) is 18.4 Å². The molecule has 0 amide bonds. The Balaban J connectivity index is 0.00000121. The van der Waals surface area contributed by atoms with Crippen molar-refractivity contribution in [2.45, 2.75) is 40.5 Å². The minimum absolute atomic E-state index is 0. The lowest BCUT2D eigenvalue weighted by molar-refractivity contribution is -0.118. The molecule has 0 N–H and O–H groups in total. The molecule has 1 aliphatic carbocycles. The highest BCUT2D eigenvalue weighted by molar-refractivity contribution is 5.96. The van der Waals surface area contributed by atoms with E-state index in [9.17, 15) is 4.79 Å². The third-order valence-electron chi connectivity index (χ3n) is 2.44. The van der Waals surface area contributed by atoms with Crippen LogP contribution < -0.4 is 0 Å². The molecule has 1 aliphatic rings. The number of ketones is 1. The standard InChI is InChI=1S/C10H16O.H4Si/c1-7-5-10(3,4)6-9(11)8(7)2;/h5-6H2,1-4H3;1H4. The van der Waals surface area contributed by atoms with Crippen LogP contribution in [-0.2, 0) is 4.79 Å². The summed E-state index contributed by atoms with van der Waals surface area (Å²) in [5.41, 5.74) is 2.45. The van der Waals surface area contributed by atoms with Crippen LogP contribution in [0.2, 0.25) is 0 Å². The van der Waals surface area contributed by atoms with Crippen molar-refractivity contribution < 1.29 is 4.79 Å². The lowest BCUT2D eigenvalue weighted by Gasteiger charge is -2.29. The number of rotatable bonds is 0. The molecule has 12 heavy (non-hydrogen) atoms. The number of carbonyl (C=O) groups is 1. The summed E-state index contributed by atoms with van der Waals surface area (Å²) in [6, 6.07) is 0. The van der Waals surface area contributed by atoms with E-state index in [-0.39, 0.29) is 16.4 Å². The topological polar surface area (TPSA) is 17.1 Å². The lowest BCUT2D eigenvalue weighted by Crippen LogP contribution is -2.23. The Hall–Kier alpha value is -0.373. The van der Waals surface area contributed by atoms with Gasteiger partial charge in [0.2, 0.25) is 0 Å². The van der Waals surface area contributed by atoms with Crippen LogP contribution >= 0.6 is 0 Å². The van der Waals surface area contributed by atoms with E-state index < -0.39 is 0 Å². The van der Waals surface area contributed by atoms with Crippen molar-refractivity contribution in [2.75, 3.05) is 0 Å². The highest BCUT2D eigenvalue weighted by Gasteiger charge is 2.28. The van der Waals surface area contributed by atoms with E-state index in [4.69, 9.17) is 0 Å². The Labute approximate surface area is 79.3 Å². The molecule has 0 aliphatic heterocycles. The van der Waals surface area contributed by atoms with Crippen LogP contribution in [0.4, 0.5) is 0 Å². The average Bonchev–Trinajstić information content (AvgIpc) is 1.81. The van der Waals surface area contributed by atoms with Crippen LogP contribution in [0.5, 0.6) is 0 Å². The van der Waals surface area contributed by atoms with Gasteiger partial charge < -0.3 is 0 Å². The second-order valence-electron chi connectivity index (χ2n) is 4.35. The summed E-state index contributed by atoms with van der Waals surface area (Å²) in [6.07, 6.45) is 1.79. The number of Topliss-reactive ketones (excluding diaryl/α,β-unsaturated/α-hetero) is 1. The van der Waals surface area contributed by atoms with Gasteiger partial charge in [0.15, 0.2) is 5.78 Å². The molecular formula is C10H20OSi. The molecule has 0 heterocycles. The Morgan fingerprint density at radius 2 is 1.67 bits per heavy atom. The first-order valence-electron chi connectivity index (χ1n) is 4.12. The largest absolute Gasteiger partial charge is 0.295 e. The minimum Gasteiger partial charge on any atom is -0.295 e. The molecule has 1 rings (SSSR count). The number of hydrogen-bond donors (Lipinski definition) is 0. The summed E-state index contributed by atoms with van der Waals surface area (Å²) in [5, 5.41) is 0. The summed E-state index contributed by atoms with van der Waals surface area (Å²) in [5.74, 6) is 0.332. The minimum atomic E-state index is 0. The van der Waals surface area contributed by atoms with E-state index in [1.807, 2.05) is 6.92 Å². The fourth-order valence-corrected chi connectivity index (χ4v) is 1.72. The monoisotopic (exact) mass is 184 g/mol. The molecule has 0 bridgehead atoms. The van der Waals surface area contributed by atoms with Crippen molar-refractivity contribution in [2.24, 2.45) is 5.41 Å². The first-order valence-corrected chi connectivity index (χ1v) is 4.12. The van der Waals surface area contributed by atoms with Crippen LogP contribution in [0.25, 0.3) is 0 Å². The first-order chi connectivity index (χ1) is 4.92. The average molecular weight is 184 g/mol. The highest BCUT2D eigenvalue weighted by atomic mass is 28.1. The van der Waals surface area contributed by atoms with E-state index in [1.54, 1.807) is 0 Å². The fraction of sp³-hybridized carbons (Fsp3) is 0.700. The van der Waals surface area contributed by atoms with Gasteiger partial charge in [-0.2, -0.15) is 0 Å². The summed E-state index contributed by atoms with van der Waals surface area (Å²) in [7, 11) is 0. The maximum absolute atomic E-state index is 11.4. The zero-order valence-electron chi connectivity index (χ0n) is 7.82. The third kappa shape index (κ3) is 2.31. The second kappa shape index (κ2) is 3.56. The van der Waals surface area contributed by atoms with Crippen molar-refractivity contribution in [3.8, 4) is 0 Å². The number of carbonyl (C=O) groups excluding carboxylic acids is 1. The number of hydrogen-bond acceptors (Lipinski definition) is 1. The van der Waals surface area contributed by atoms with E-state index in [1.165, 1.54) is 5.57 Å². The van der Waals surface area contributed by atoms with Crippen LogP contribution in [-0.4, -0.2) is 16.7 Å². The van der Waals surface area contributed by atoms with Crippen LogP contribution in [0.1, 0.15) is 40.5 Å². The van der Waals surface area contributed by atoms with Crippen molar-refractivity contribution in [3.63, 3.8) is 0 Å². The molecule has 0 unspecified atom stereocenters. The molecular weight excluding hydrogens is 164 g/mol. The van der Waals surface area contributed by atoms with Crippen molar-refractivity contribution in [1.29, 1.82) is 0 Å². The molecule has 1 nitrogen and oxygen atoms in total. The van der Waals surface area contributed by atoms with E-state index >= 15 is 0 Å². The SMILES string of the molecule is CC1=C(C)C(=O)CC(C)(C)C1.[SiH4]. The van der Waals surface area contributed by atoms with Crippen molar-refractivity contribution in [1.82, 2.24) is 0 Å². The van der Waals surface area contributed by atoms with Crippen LogP contribution in [0.3, 0.4) is 0 Å². The summed E-state index contributed by atoms with van der Waals surface area (Å²) < 4.78 is 0. The van der Waals surface area contributed by atoms with Gasteiger partial charge in [0.25, 0.3) is 0 Å². The van der Waals surface area contributed by atoms with Gasteiger partial charge in [0.05, 0.1) is 0 Å². The molecule has 0 saturated heterocycles. The van der Waals surface area contributed by atoms with Gasteiger partial charge in [-0.05, 0) is 42.2 Å². The molecule has 0 aromatic heterocycles.